The third-order valence-corrected chi connectivity index (χ3v) is 4.25. The Morgan fingerprint density at radius 3 is 2.12 bits per heavy atom. The van der Waals surface area contributed by atoms with Crippen LogP contribution in [0.3, 0.4) is 0 Å². The SMILES string of the molecule is CC[C@@H](C)[C@@H](NC(=O)c1ccccc1)C(=O)Nc1ccc(C(N)=O)cc1. The van der Waals surface area contributed by atoms with Crippen LogP contribution in [0, 0.1) is 5.92 Å². The minimum Gasteiger partial charge on any atom is -0.366 e. The predicted molar refractivity (Wildman–Crippen MR) is 101 cm³/mol. The van der Waals surface area contributed by atoms with Crippen LogP contribution in [0.5, 0.6) is 0 Å². The summed E-state index contributed by atoms with van der Waals surface area (Å²) in [6.45, 7) is 3.87. The molecule has 2 aromatic rings. The van der Waals surface area contributed by atoms with Gasteiger partial charge in [0.25, 0.3) is 5.91 Å². The van der Waals surface area contributed by atoms with E-state index in [1.165, 1.54) is 0 Å². The van der Waals surface area contributed by atoms with Gasteiger partial charge in [-0.2, -0.15) is 0 Å². The van der Waals surface area contributed by atoms with Gasteiger partial charge in [-0.05, 0) is 42.3 Å². The molecule has 2 rings (SSSR count). The number of primary amides is 1. The van der Waals surface area contributed by atoms with Crippen molar-refractivity contribution < 1.29 is 14.4 Å². The molecule has 0 bridgehead atoms. The Balaban J connectivity index is 2.11. The Morgan fingerprint density at radius 1 is 0.962 bits per heavy atom. The number of hydrogen-bond donors (Lipinski definition) is 3. The Bertz CT molecular complexity index is 773. The zero-order chi connectivity index (χ0) is 19.1. The number of anilines is 1. The minimum atomic E-state index is -0.677. The van der Waals surface area contributed by atoms with Crippen molar-refractivity contribution in [3.63, 3.8) is 0 Å². The molecule has 0 aliphatic carbocycles. The Morgan fingerprint density at radius 2 is 1.58 bits per heavy atom. The van der Waals surface area contributed by atoms with Gasteiger partial charge in [-0.3, -0.25) is 14.4 Å². The van der Waals surface area contributed by atoms with Crippen molar-refractivity contribution in [1.29, 1.82) is 0 Å². The van der Waals surface area contributed by atoms with E-state index >= 15 is 0 Å². The van der Waals surface area contributed by atoms with Crippen LogP contribution in [0.15, 0.2) is 54.6 Å². The second kappa shape index (κ2) is 8.80. The topological polar surface area (TPSA) is 101 Å². The molecule has 2 atom stereocenters. The molecule has 6 heteroatoms. The van der Waals surface area contributed by atoms with Crippen LogP contribution >= 0.6 is 0 Å². The Hall–Kier alpha value is -3.15. The van der Waals surface area contributed by atoms with Gasteiger partial charge in [0.2, 0.25) is 11.8 Å². The molecule has 3 amide bonds. The maximum Gasteiger partial charge on any atom is 0.251 e. The van der Waals surface area contributed by atoms with Crippen LogP contribution < -0.4 is 16.4 Å². The summed E-state index contributed by atoms with van der Waals surface area (Å²) < 4.78 is 0. The van der Waals surface area contributed by atoms with E-state index in [0.717, 1.165) is 6.42 Å². The van der Waals surface area contributed by atoms with Crippen LogP contribution in [0.25, 0.3) is 0 Å². The highest BCUT2D eigenvalue weighted by Crippen LogP contribution is 2.14. The third kappa shape index (κ3) is 4.92. The molecule has 6 nitrogen and oxygen atoms in total. The van der Waals surface area contributed by atoms with Gasteiger partial charge in [0.1, 0.15) is 6.04 Å². The van der Waals surface area contributed by atoms with Gasteiger partial charge in [-0.25, -0.2) is 0 Å². The van der Waals surface area contributed by atoms with Crippen molar-refractivity contribution in [2.75, 3.05) is 5.32 Å². The van der Waals surface area contributed by atoms with Gasteiger partial charge in [0.15, 0.2) is 0 Å². The number of benzene rings is 2. The highest BCUT2D eigenvalue weighted by Gasteiger charge is 2.26. The van der Waals surface area contributed by atoms with E-state index in [2.05, 4.69) is 10.6 Å². The summed E-state index contributed by atoms with van der Waals surface area (Å²) >= 11 is 0. The number of amides is 3. The molecule has 0 saturated carbocycles. The summed E-state index contributed by atoms with van der Waals surface area (Å²) in [5.41, 5.74) is 6.60. The lowest BCUT2D eigenvalue weighted by Gasteiger charge is -2.23. The predicted octanol–water partition coefficient (Wildman–Crippen LogP) is 2.57. The quantitative estimate of drug-likeness (QED) is 0.713. The molecule has 0 unspecified atom stereocenters. The minimum absolute atomic E-state index is 0.0486. The van der Waals surface area contributed by atoms with Crippen molar-refractivity contribution >= 4 is 23.4 Å². The van der Waals surface area contributed by atoms with E-state index in [1.54, 1.807) is 48.5 Å². The molecule has 0 aromatic heterocycles. The molecule has 4 N–H and O–H groups in total. The second-order valence-corrected chi connectivity index (χ2v) is 6.13. The van der Waals surface area contributed by atoms with Crippen LogP contribution in [0.1, 0.15) is 41.0 Å². The van der Waals surface area contributed by atoms with Gasteiger partial charge >= 0.3 is 0 Å². The molecule has 26 heavy (non-hydrogen) atoms. The summed E-state index contributed by atoms with van der Waals surface area (Å²) in [7, 11) is 0. The van der Waals surface area contributed by atoms with Gasteiger partial charge < -0.3 is 16.4 Å². The van der Waals surface area contributed by atoms with E-state index in [-0.39, 0.29) is 17.7 Å². The first-order valence-corrected chi connectivity index (χ1v) is 8.49. The Kier molecular flexibility index (Phi) is 6.49. The van der Waals surface area contributed by atoms with Crippen molar-refractivity contribution in [1.82, 2.24) is 5.32 Å². The third-order valence-electron chi connectivity index (χ3n) is 4.25. The van der Waals surface area contributed by atoms with Crippen LogP contribution in [-0.4, -0.2) is 23.8 Å². The average molecular weight is 353 g/mol. The second-order valence-electron chi connectivity index (χ2n) is 6.13. The highest BCUT2D eigenvalue weighted by molar-refractivity contribution is 6.01. The molecule has 0 spiro atoms. The van der Waals surface area contributed by atoms with Gasteiger partial charge in [-0.1, -0.05) is 38.5 Å². The largest absolute Gasteiger partial charge is 0.366 e. The molecule has 136 valence electrons. The fourth-order valence-electron chi connectivity index (χ4n) is 2.45. The molecule has 0 heterocycles. The molecule has 0 fully saturated rings. The summed E-state index contributed by atoms with van der Waals surface area (Å²) in [6.07, 6.45) is 0.730. The Labute approximate surface area is 152 Å². The lowest BCUT2D eigenvalue weighted by atomic mass is 9.97. The smallest absolute Gasteiger partial charge is 0.251 e. The molecule has 0 aliphatic rings. The van der Waals surface area contributed by atoms with E-state index in [9.17, 15) is 14.4 Å². The monoisotopic (exact) mass is 353 g/mol. The molecule has 0 aliphatic heterocycles. The van der Waals surface area contributed by atoms with Crippen molar-refractivity contribution in [3.8, 4) is 0 Å². The molecule has 0 radical (unpaired) electrons. The summed E-state index contributed by atoms with van der Waals surface area (Å²) in [5.74, 6) is -1.19. The van der Waals surface area contributed by atoms with Gasteiger partial charge in [0.05, 0.1) is 0 Å². The van der Waals surface area contributed by atoms with Crippen LogP contribution in [0.4, 0.5) is 5.69 Å². The first-order chi connectivity index (χ1) is 12.4. The summed E-state index contributed by atoms with van der Waals surface area (Å²) in [6, 6.07) is 14.4. The zero-order valence-corrected chi connectivity index (χ0v) is 14.9. The standard InChI is InChI=1S/C20H23N3O3/c1-3-13(2)17(23-19(25)15-7-5-4-6-8-15)20(26)22-16-11-9-14(10-12-16)18(21)24/h4-13,17H,3H2,1-2H3,(H2,21,24)(H,22,26)(H,23,25)/t13-,17-/m1/s1. The van der Waals surface area contributed by atoms with Crippen LogP contribution in [-0.2, 0) is 4.79 Å². The maximum atomic E-state index is 12.7. The van der Waals surface area contributed by atoms with Crippen molar-refractivity contribution in [2.45, 2.75) is 26.3 Å². The molecular formula is C20H23N3O3. The van der Waals surface area contributed by atoms with E-state index in [0.29, 0.717) is 16.8 Å². The molecule has 2 aromatic carbocycles. The number of nitrogens with one attached hydrogen (secondary N) is 2. The maximum absolute atomic E-state index is 12.7. The van der Waals surface area contributed by atoms with E-state index in [4.69, 9.17) is 5.73 Å². The molecular weight excluding hydrogens is 330 g/mol. The first-order valence-electron chi connectivity index (χ1n) is 8.49. The zero-order valence-electron chi connectivity index (χ0n) is 14.9. The van der Waals surface area contributed by atoms with Gasteiger partial charge in [0, 0.05) is 16.8 Å². The van der Waals surface area contributed by atoms with Gasteiger partial charge in [-0.15, -0.1) is 0 Å². The summed E-state index contributed by atoms with van der Waals surface area (Å²) in [4.78, 5) is 36.2. The number of hydrogen-bond acceptors (Lipinski definition) is 3. The fraction of sp³-hybridized carbons (Fsp3) is 0.250. The molecule has 0 saturated heterocycles. The lowest BCUT2D eigenvalue weighted by molar-refractivity contribution is -0.119. The first kappa shape index (κ1) is 19.2. The highest BCUT2D eigenvalue weighted by atomic mass is 16.2. The number of carbonyl (C=O) groups is 3. The van der Waals surface area contributed by atoms with Crippen molar-refractivity contribution in [3.05, 3.63) is 65.7 Å². The fourth-order valence-corrected chi connectivity index (χ4v) is 2.45. The number of nitrogens with two attached hydrogens (primary N) is 1. The van der Waals surface area contributed by atoms with Crippen LogP contribution in [0.2, 0.25) is 0 Å². The lowest BCUT2D eigenvalue weighted by Crippen LogP contribution is -2.47. The van der Waals surface area contributed by atoms with E-state index in [1.807, 2.05) is 19.9 Å². The summed E-state index contributed by atoms with van der Waals surface area (Å²) in [5, 5.41) is 5.58. The van der Waals surface area contributed by atoms with E-state index < -0.39 is 11.9 Å². The van der Waals surface area contributed by atoms with Crippen molar-refractivity contribution in [2.24, 2.45) is 11.7 Å². The number of rotatable bonds is 7. The normalized spacial score (nSPS) is 12.7. The average Bonchev–Trinajstić information content (AvgIpc) is 2.66. The number of carbonyl (C=O) groups excluding carboxylic acids is 3.